The summed E-state index contributed by atoms with van der Waals surface area (Å²) in [4.78, 5) is 18.9. The van der Waals surface area contributed by atoms with Gasteiger partial charge in [-0.15, -0.1) is 0 Å². The summed E-state index contributed by atoms with van der Waals surface area (Å²) in [5.41, 5.74) is 38.8. The van der Waals surface area contributed by atoms with Crippen LogP contribution in [0.3, 0.4) is 0 Å². The number of ether oxygens (including phenoxy) is 4. The minimum atomic E-state index is -1.44. The van der Waals surface area contributed by atoms with E-state index in [1.165, 1.54) is 0 Å². The number of aliphatic hydroxyl groups excluding tert-OH is 5. The van der Waals surface area contributed by atoms with Crippen LogP contribution in [-0.2, 0) is 28.5 Å². The zero-order valence-electron chi connectivity index (χ0n) is 23.2. The van der Waals surface area contributed by atoms with E-state index in [2.05, 4.69) is 24.6 Å². The van der Waals surface area contributed by atoms with Gasteiger partial charge in [0.15, 0.2) is 12.6 Å². The number of hydrogen-bond acceptors (Lipinski definition) is 16. The van der Waals surface area contributed by atoms with E-state index in [4.69, 9.17) is 47.6 Å². The lowest BCUT2D eigenvalue weighted by Crippen LogP contribution is -2.68. The first-order valence-corrected chi connectivity index (χ1v) is 13.1. The lowest BCUT2D eigenvalue weighted by Gasteiger charge is -2.47. The van der Waals surface area contributed by atoms with E-state index in [0.717, 1.165) is 12.2 Å². The summed E-state index contributed by atoms with van der Waals surface area (Å²) >= 11 is 0. The molecule has 3 fully saturated rings. The average Bonchev–Trinajstić information content (AvgIpc) is 2.94. The number of primary amides is 2. The van der Waals surface area contributed by atoms with E-state index in [-0.39, 0.29) is 19.4 Å². The summed E-state index contributed by atoms with van der Waals surface area (Å²) < 4.78 is 22.7. The fraction of sp³-hybridized carbons (Fsp3) is 0.750. The molecule has 18 nitrogen and oxygen atoms in total. The maximum atomic E-state index is 11.0. The number of aliphatic hydroxyl groups is 5. The molecule has 0 radical (unpaired) electrons. The molecule has 18 heteroatoms. The van der Waals surface area contributed by atoms with Crippen LogP contribution in [0.1, 0.15) is 12.8 Å². The molecule has 2 aliphatic heterocycles. The van der Waals surface area contributed by atoms with Crippen molar-refractivity contribution in [1.29, 1.82) is 0 Å². The SMILES string of the molecule is C=CC(N)=O.C=CC(N)=O.NC[C@H]1O[C@H](O[C@H]2[C@H](O)[C@@H](O[C@H]3O[C@H](CO)[C@@H](O)[C@H](N)[C@H]3O)[C@H](N)C[C@@H]2N)[C@H](N)C[C@@H]1O. The molecule has 14 atom stereocenters. The van der Waals surface area contributed by atoms with Crippen LogP contribution in [0.25, 0.3) is 0 Å². The highest BCUT2D eigenvalue weighted by Gasteiger charge is 2.50. The molecule has 42 heavy (non-hydrogen) atoms. The molecule has 0 aromatic rings. The average molecular weight is 610 g/mol. The van der Waals surface area contributed by atoms with Gasteiger partial charge in [0.1, 0.15) is 36.6 Å². The summed E-state index contributed by atoms with van der Waals surface area (Å²) in [6.45, 7) is 5.67. The molecule has 19 N–H and O–H groups in total. The Labute approximate surface area is 243 Å². The molecule has 244 valence electrons. The van der Waals surface area contributed by atoms with E-state index < -0.39 is 104 Å². The van der Waals surface area contributed by atoms with Gasteiger partial charge in [-0.3, -0.25) is 9.59 Å². The number of carbonyl (C=O) groups is 2. The van der Waals surface area contributed by atoms with Crippen LogP contribution in [0, 0.1) is 0 Å². The van der Waals surface area contributed by atoms with E-state index >= 15 is 0 Å². The van der Waals surface area contributed by atoms with Gasteiger partial charge in [0, 0.05) is 18.6 Å². The van der Waals surface area contributed by atoms with E-state index in [0.29, 0.717) is 0 Å². The first kappa shape index (κ1) is 37.9. The van der Waals surface area contributed by atoms with Gasteiger partial charge in [-0.05, 0) is 25.0 Å². The van der Waals surface area contributed by atoms with Crippen molar-refractivity contribution in [3.63, 3.8) is 0 Å². The van der Waals surface area contributed by atoms with Crippen LogP contribution in [0.2, 0.25) is 0 Å². The van der Waals surface area contributed by atoms with E-state index in [9.17, 15) is 35.1 Å². The van der Waals surface area contributed by atoms with Crippen molar-refractivity contribution in [3.05, 3.63) is 25.3 Å². The molecule has 2 amide bonds. The predicted octanol–water partition coefficient (Wildman–Crippen LogP) is -6.98. The number of amides is 2. The number of nitrogens with two attached hydrogens (primary N) is 7. The Bertz CT molecular complexity index is 855. The van der Waals surface area contributed by atoms with Crippen LogP contribution in [-0.4, -0.2) is 136 Å². The summed E-state index contributed by atoms with van der Waals surface area (Å²) in [6, 6.07) is -3.27. The highest BCUT2D eigenvalue weighted by Crippen LogP contribution is 2.30. The second-order valence-corrected chi connectivity index (χ2v) is 10.00. The van der Waals surface area contributed by atoms with E-state index in [1.807, 2.05) is 0 Å². The van der Waals surface area contributed by atoms with Crippen molar-refractivity contribution in [2.45, 2.75) is 98.4 Å². The molecule has 1 aliphatic carbocycles. The van der Waals surface area contributed by atoms with Crippen molar-refractivity contribution < 1.29 is 54.1 Å². The zero-order chi connectivity index (χ0) is 32.3. The summed E-state index contributed by atoms with van der Waals surface area (Å²) in [7, 11) is 0. The highest BCUT2D eigenvalue weighted by molar-refractivity contribution is 5.85. The second kappa shape index (κ2) is 17.9. The van der Waals surface area contributed by atoms with Gasteiger partial charge in [0.2, 0.25) is 11.8 Å². The topological polar surface area (TPSA) is 354 Å². The first-order chi connectivity index (χ1) is 19.6. The summed E-state index contributed by atoms with van der Waals surface area (Å²) in [5.74, 6) is -0.963. The zero-order valence-corrected chi connectivity index (χ0v) is 23.2. The smallest absolute Gasteiger partial charge is 0.240 e. The van der Waals surface area contributed by atoms with Gasteiger partial charge in [0.25, 0.3) is 0 Å². The van der Waals surface area contributed by atoms with Crippen LogP contribution < -0.4 is 40.1 Å². The largest absolute Gasteiger partial charge is 0.394 e. The van der Waals surface area contributed by atoms with Crippen molar-refractivity contribution in [1.82, 2.24) is 0 Å². The maximum Gasteiger partial charge on any atom is 0.240 e. The second-order valence-electron chi connectivity index (χ2n) is 10.00. The number of hydrogen-bond donors (Lipinski definition) is 12. The highest BCUT2D eigenvalue weighted by atomic mass is 16.7. The standard InChI is InChI=1S/C18H37N5O9.2C3H5NO/c19-3-9-8(25)2-7(22)17(29-9)31-15-5(20)1-6(21)16(14(15)28)32-18-13(27)11(23)12(26)10(4-24)30-18;2*1-2-3(4)5/h5-18,24-28H,1-4,19-23H2;2*2H,1H2,(H2,4,5)/t5-,6+,7+,8-,9+,10+,11-,12+,13+,14-,15+,16-,17+,18+;;/m0../s1. The third kappa shape index (κ3) is 10.5. The maximum absolute atomic E-state index is 11.0. The molecular weight excluding hydrogens is 562 g/mol. The molecule has 2 saturated heterocycles. The van der Waals surface area contributed by atoms with Gasteiger partial charge in [0.05, 0.1) is 30.9 Å². The summed E-state index contributed by atoms with van der Waals surface area (Å²) in [6.07, 6.45) is -8.65. The van der Waals surface area contributed by atoms with Crippen LogP contribution in [0.15, 0.2) is 25.3 Å². The molecule has 0 aromatic heterocycles. The van der Waals surface area contributed by atoms with Crippen LogP contribution in [0.4, 0.5) is 0 Å². The predicted molar refractivity (Wildman–Crippen MR) is 147 cm³/mol. The lowest BCUT2D eigenvalue weighted by atomic mass is 9.84. The Kier molecular flexibility index (Phi) is 16.1. The van der Waals surface area contributed by atoms with Gasteiger partial charge >= 0.3 is 0 Å². The summed E-state index contributed by atoms with van der Waals surface area (Å²) in [5, 5.41) is 50.7. The van der Waals surface area contributed by atoms with Crippen molar-refractivity contribution in [2.75, 3.05) is 13.2 Å². The third-order valence-corrected chi connectivity index (χ3v) is 6.82. The quantitative estimate of drug-likeness (QED) is 0.114. The van der Waals surface area contributed by atoms with Gasteiger partial charge in [-0.25, -0.2) is 0 Å². The lowest BCUT2D eigenvalue weighted by molar-refractivity contribution is -0.314. The first-order valence-electron chi connectivity index (χ1n) is 13.1. The van der Waals surface area contributed by atoms with Gasteiger partial charge in [-0.2, -0.15) is 0 Å². The Morgan fingerprint density at radius 3 is 1.64 bits per heavy atom. The van der Waals surface area contributed by atoms with Crippen molar-refractivity contribution in [3.8, 4) is 0 Å². The van der Waals surface area contributed by atoms with Gasteiger partial charge in [-0.1, -0.05) is 13.2 Å². The van der Waals surface area contributed by atoms with Crippen LogP contribution in [0.5, 0.6) is 0 Å². The molecule has 3 rings (SSSR count). The Hall–Kier alpha value is -2.14. The number of rotatable bonds is 8. The Morgan fingerprint density at radius 2 is 1.21 bits per heavy atom. The van der Waals surface area contributed by atoms with E-state index in [1.54, 1.807) is 0 Å². The minimum absolute atomic E-state index is 0.0542. The molecule has 0 spiro atoms. The van der Waals surface area contributed by atoms with Gasteiger partial charge < -0.3 is 84.6 Å². The fourth-order valence-corrected chi connectivity index (χ4v) is 4.43. The minimum Gasteiger partial charge on any atom is -0.394 e. The van der Waals surface area contributed by atoms with Crippen molar-refractivity contribution in [2.24, 2.45) is 40.1 Å². The molecule has 0 unspecified atom stereocenters. The van der Waals surface area contributed by atoms with Crippen LogP contribution >= 0.6 is 0 Å². The molecular formula is C24H47N7O11. The monoisotopic (exact) mass is 609 g/mol. The normalized spacial score (nSPS) is 41.7. The fourth-order valence-electron chi connectivity index (χ4n) is 4.43. The Balaban J connectivity index is 0.000000759. The molecule has 0 bridgehead atoms. The third-order valence-electron chi connectivity index (χ3n) is 6.82. The molecule has 0 aromatic carbocycles. The molecule has 2 heterocycles. The Morgan fingerprint density at radius 1 is 0.762 bits per heavy atom. The number of carbonyl (C=O) groups excluding carboxylic acids is 2. The molecule has 3 aliphatic rings. The van der Waals surface area contributed by atoms with Crippen molar-refractivity contribution >= 4 is 11.8 Å². The molecule has 1 saturated carbocycles.